The van der Waals surface area contributed by atoms with Gasteiger partial charge in [0.1, 0.15) is 23.2 Å². The van der Waals surface area contributed by atoms with Gasteiger partial charge in [-0.15, -0.1) is 0 Å². The molecule has 1 amide bonds. The summed E-state index contributed by atoms with van der Waals surface area (Å²) in [4.78, 5) is 35.5. The van der Waals surface area contributed by atoms with Crippen molar-refractivity contribution in [2.24, 2.45) is 4.99 Å². The van der Waals surface area contributed by atoms with Gasteiger partial charge in [-0.1, -0.05) is 23.7 Å². The van der Waals surface area contributed by atoms with Crippen molar-refractivity contribution in [1.82, 2.24) is 19.9 Å². The predicted molar refractivity (Wildman–Crippen MR) is 147 cm³/mol. The highest BCUT2D eigenvalue weighted by Crippen LogP contribution is 2.36. The summed E-state index contributed by atoms with van der Waals surface area (Å²) in [5.41, 5.74) is 3.58. The van der Waals surface area contributed by atoms with Crippen molar-refractivity contribution in [3.8, 4) is 5.88 Å². The number of aliphatic imine (C=N–C) groups is 1. The summed E-state index contributed by atoms with van der Waals surface area (Å²) in [7, 11) is 1.56. The van der Waals surface area contributed by atoms with E-state index in [-0.39, 0.29) is 0 Å². The molecule has 12 heteroatoms. The van der Waals surface area contributed by atoms with Gasteiger partial charge in [-0.25, -0.2) is 9.78 Å². The number of ether oxygens (including phenoxy) is 1. The third-order valence-electron chi connectivity index (χ3n) is 6.75. The number of carboxylic acid groups (broad SMARTS) is 1. The summed E-state index contributed by atoms with van der Waals surface area (Å²) in [5.74, 6) is 3.22. The molecule has 3 aliphatic heterocycles. The first-order chi connectivity index (χ1) is 18.5. The first-order valence-electron chi connectivity index (χ1n) is 12.2. The summed E-state index contributed by atoms with van der Waals surface area (Å²) < 4.78 is 5.55. The van der Waals surface area contributed by atoms with Crippen molar-refractivity contribution in [1.29, 1.82) is 0 Å². The zero-order valence-corrected chi connectivity index (χ0v) is 21.4. The number of pyridine rings is 1. The molecule has 5 heterocycles. The minimum Gasteiger partial charge on any atom is -0.479 e. The zero-order chi connectivity index (χ0) is 26.2. The Labute approximate surface area is 224 Å². The van der Waals surface area contributed by atoms with E-state index in [1.807, 2.05) is 41.3 Å². The number of benzene rings is 1. The molecule has 0 aliphatic carbocycles. The predicted octanol–water partition coefficient (Wildman–Crippen LogP) is 3.85. The van der Waals surface area contributed by atoms with Crippen LogP contribution in [0.4, 0.5) is 28.1 Å². The van der Waals surface area contributed by atoms with E-state index in [4.69, 9.17) is 26.3 Å². The molecule has 0 unspecified atom stereocenters. The molecule has 194 valence electrons. The molecule has 11 nitrogen and oxygen atoms in total. The van der Waals surface area contributed by atoms with Crippen LogP contribution in [0.3, 0.4) is 0 Å². The lowest BCUT2D eigenvalue weighted by atomic mass is 9.99. The van der Waals surface area contributed by atoms with Gasteiger partial charge in [-0.2, -0.15) is 9.97 Å². The first-order valence-corrected chi connectivity index (χ1v) is 12.6. The van der Waals surface area contributed by atoms with Crippen LogP contribution in [0.15, 0.2) is 47.6 Å². The molecule has 0 spiro atoms. The molecule has 3 aromatic rings. The number of piperazine rings is 1. The minimum atomic E-state index is -0.899. The fourth-order valence-corrected chi connectivity index (χ4v) is 4.94. The molecule has 1 fully saturated rings. The van der Waals surface area contributed by atoms with E-state index >= 15 is 0 Å². The van der Waals surface area contributed by atoms with E-state index < -0.39 is 6.09 Å². The SMILES string of the molecule is COc1nc(N2CCN(C(=O)O)CC2)ccc1Nc1ncc2c(n1)N1CCN=C1C(c1ccc(Cl)cc1)=C2. The fourth-order valence-electron chi connectivity index (χ4n) is 4.81. The molecule has 1 saturated heterocycles. The van der Waals surface area contributed by atoms with E-state index in [2.05, 4.69) is 26.3 Å². The van der Waals surface area contributed by atoms with Crippen molar-refractivity contribution >= 4 is 58.5 Å². The molecule has 38 heavy (non-hydrogen) atoms. The molecule has 0 atom stereocenters. The standard InChI is InChI=1S/C26H25ClN8O3/c1-38-24-20(6-7-21(31-24)33-10-12-34(13-11-33)26(36)37)30-25-29-15-17-14-19(16-2-4-18(27)5-3-16)23-28-8-9-35(23)22(17)32-25/h2-7,14-15H,8-13H2,1H3,(H,36,37)(H,29,30,32). The van der Waals surface area contributed by atoms with E-state index in [1.165, 1.54) is 4.90 Å². The number of fused-ring (bicyclic) bond motifs is 3. The highest BCUT2D eigenvalue weighted by molar-refractivity contribution is 6.36. The van der Waals surface area contributed by atoms with Crippen LogP contribution in [-0.4, -0.2) is 83.3 Å². The number of methoxy groups -OCH3 is 1. The number of anilines is 4. The Morgan fingerprint density at radius 3 is 2.58 bits per heavy atom. The van der Waals surface area contributed by atoms with Gasteiger partial charge in [0.15, 0.2) is 0 Å². The number of halogens is 1. The lowest BCUT2D eigenvalue weighted by molar-refractivity contribution is 0.142. The third-order valence-corrected chi connectivity index (χ3v) is 7.00. The highest BCUT2D eigenvalue weighted by Gasteiger charge is 2.30. The van der Waals surface area contributed by atoms with E-state index in [9.17, 15) is 9.90 Å². The van der Waals surface area contributed by atoms with Gasteiger partial charge in [0.25, 0.3) is 0 Å². The summed E-state index contributed by atoms with van der Waals surface area (Å²) in [6, 6.07) is 11.5. The van der Waals surface area contributed by atoms with E-state index in [0.29, 0.717) is 55.3 Å². The minimum absolute atomic E-state index is 0.401. The van der Waals surface area contributed by atoms with Crippen molar-refractivity contribution in [3.05, 3.63) is 58.7 Å². The second kappa shape index (κ2) is 9.82. The van der Waals surface area contributed by atoms with Gasteiger partial charge in [-0.05, 0) is 35.9 Å². The Bertz CT molecular complexity index is 1450. The summed E-state index contributed by atoms with van der Waals surface area (Å²) in [6.45, 7) is 3.41. The van der Waals surface area contributed by atoms with Crippen LogP contribution in [-0.2, 0) is 0 Å². The summed E-state index contributed by atoms with van der Waals surface area (Å²) in [6.07, 6.45) is 2.96. The van der Waals surface area contributed by atoms with Crippen molar-refractivity contribution in [3.63, 3.8) is 0 Å². The van der Waals surface area contributed by atoms with Crippen molar-refractivity contribution < 1.29 is 14.6 Å². The molecule has 2 N–H and O–H groups in total. The monoisotopic (exact) mass is 532 g/mol. The number of hydrogen-bond donors (Lipinski definition) is 2. The summed E-state index contributed by atoms with van der Waals surface area (Å²) >= 11 is 6.09. The van der Waals surface area contributed by atoms with Gasteiger partial charge in [0.2, 0.25) is 11.8 Å². The molecule has 3 aliphatic rings. The Kier molecular flexibility index (Phi) is 6.20. The van der Waals surface area contributed by atoms with Gasteiger partial charge in [0.05, 0.1) is 13.7 Å². The Morgan fingerprint density at radius 2 is 1.84 bits per heavy atom. The average molecular weight is 533 g/mol. The van der Waals surface area contributed by atoms with Crippen LogP contribution >= 0.6 is 11.6 Å². The van der Waals surface area contributed by atoms with E-state index in [1.54, 1.807) is 13.3 Å². The molecule has 0 saturated carbocycles. The van der Waals surface area contributed by atoms with Crippen LogP contribution < -0.4 is 19.9 Å². The Hall–Kier alpha value is -4.38. The molecule has 0 bridgehead atoms. The number of amidine groups is 1. The molecular weight excluding hydrogens is 508 g/mol. The highest BCUT2D eigenvalue weighted by atomic mass is 35.5. The molecule has 2 aromatic heterocycles. The molecule has 0 radical (unpaired) electrons. The van der Waals surface area contributed by atoms with Gasteiger partial charge in [-0.3, -0.25) is 4.99 Å². The second-order valence-corrected chi connectivity index (χ2v) is 9.44. The number of nitrogens with zero attached hydrogens (tertiary/aromatic N) is 7. The lowest BCUT2D eigenvalue weighted by Gasteiger charge is -2.34. The van der Waals surface area contributed by atoms with Crippen LogP contribution in [0.2, 0.25) is 5.02 Å². The third kappa shape index (κ3) is 4.45. The number of hydrogen-bond acceptors (Lipinski definition) is 9. The van der Waals surface area contributed by atoms with Crippen LogP contribution in [0.25, 0.3) is 11.6 Å². The van der Waals surface area contributed by atoms with Gasteiger partial charge < -0.3 is 29.9 Å². The maximum absolute atomic E-state index is 11.2. The lowest BCUT2D eigenvalue weighted by Crippen LogP contribution is -2.48. The zero-order valence-electron chi connectivity index (χ0n) is 20.6. The topological polar surface area (TPSA) is 119 Å². The van der Waals surface area contributed by atoms with Crippen LogP contribution in [0, 0.1) is 0 Å². The number of nitrogens with one attached hydrogen (secondary N) is 1. The smallest absolute Gasteiger partial charge is 0.407 e. The molecule has 6 rings (SSSR count). The molecule has 1 aromatic carbocycles. The Morgan fingerprint density at radius 1 is 1.05 bits per heavy atom. The molecular formula is C26H25ClN8O3. The van der Waals surface area contributed by atoms with Gasteiger partial charge >= 0.3 is 6.09 Å². The number of amides is 1. The summed E-state index contributed by atoms with van der Waals surface area (Å²) in [5, 5.41) is 13.1. The number of rotatable bonds is 5. The maximum atomic E-state index is 11.2. The van der Waals surface area contributed by atoms with Gasteiger partial charge in [0, 0.05) is 55.1 Å². The number of aromatic nitrogens is 3. The van der Waals surface area contributed by atoms with Crippen LogP contribution in [0.5, 0.6) is 5.88 Å². The number of carbonyl (C=O) groups is 1. The normalized spacial score (nSPS) is 16.4. The first kappa shape index (κ1) is 24.0. The van der Waals surface area contributed by atoms with E-state index in [0.717, 1.165) is 40.7 Å². The maximum Gasteiger partial charge on any atom is 0.407 e. The second-order valence-electron chi connectivity index (χ2n) is 9.00. The quantitative estimate of drug-likeness (QED) is 0.505. The van der Waals surface area contributed by atoms with Crippen molar-refractivity contribution in [2.75, 3.05) is 61.5 Å². The van der Waals surface area contributed by atoms with Crippen molar-refractivity contribution in [2.45, 2.75) is 0 Å². The van der Waals surface area contributed by atoms with Crippen LogP contribution in [0.1, 0.15) is 11.1 Å². The fraction of sp³-hybridized carbons (Fsp3) is 0.269. The Balaban J connectivity index is 1.25. The largest absolute Gasteiger partial charge is 0.479 e. The average Bonchev–Trinajstić information content (AvgIpc) is 3.44.